The largest absolute Gasteiger partial charge is 0.444 e. The molecule has 1 aliphatic heterocycles. The number of rotatable bonds is 9. The van der Waals surface area contributed by atoms with E-state index in [4.69, 9.17) is 9.47 Å². The SMILES string of the molecule is CNC(=O)Nc1ccc2c(c1)CN(C(=O)[C@@H](COCc1ccccc1)NC(=O)C(C)(C)NC(=O)OC(C)(C)C)CC2. The second-order valence-corrected chi connectivity index (χ2v) is 11.5. The first-order valence-electron chi connectivity index (χ1n) is 13.6. The van der Waals surface area contributed by atoms with Gasteiger partial charge in [-0.05, 0) is 69.9 Å². The molecule has 222 valence electrons. The molecule has 0 saturated heterocycles. The Bertz CT molecular complexity index is 1240. The van der Waals surface area contributed by atoms with Gasteiger partial charge >= 0.3 is 12.1 Å². The minimum absolute atomic E-state index is 0.0659. The third-order valence-corrected chi connectivity index (χ3v) is 6.40. The Balaban J connectivity index is 1.74. The number of ether oxygens (including phenoxy) is 2. The van der Waals surface area contributed by atoms with Crippen molar-refractivity contribution in [2.45, 2.75) is 71.4 Å². The van der Waals surface area contributed by atoms with Crippen molar-refractivity contribution in [2.75, 3.05) is 25.5 Å². The Morgan fingerprint density at radius 1 is 0.976 bits per heavy atom. The van der Waals surface area contributed by atoms with E-state index < -0.39 is 29.2 Å². The van der Waals surface area contributed by atoms with Crippen LogP contribution in [0.1, 0.15) is 51.3 Å². The fourth-order valence-corrected chi connectivity index (χ4v) is 4.23. The van der Waals surface area contributed by atoms with E-state index in [-0.39, 0.29) is 25.2 Å². The maximum absolute atomic E-state index is 13.8. The Kier molecular flexibility index (Phi) is 10.3. The first kappa shape index (κ1) is 31.4. The summed E-state index contributed by atoms with van der Waals surface area (Å²) in [7, 11) is 1.53. The molecule has 1 aliphatic rings. The van der Waals surface area contributed by atoms with Crippen LogP contribution in [0.3, 0.4) is 0 Å². The number of benzene rings is 2. The van der Waals surface area contributed by atoms with Crippen LogP contribution in [0.15, 0.2) is 48.5 Å². The van der Waals surface area contributed by atoms with Crippen LogP contribution in [0.2, 0.25) is 0 Å². The summed E-state index contributed by atoms with van der Waals surface area (Å²) in [6.45, 7) is 9.22. The molecule has 0 bridgehead atoms. The second kappa shape index (κ2) is 13.5. The summed E-state index contributed by atoms with van der Waals surface area (Å²) in [5.41, 5.74) is 1.43. The molecule has 0 spiro atoms. The van der Waals surface area contributed by atoms with Crippen molar-refractivity contribution in [1.82, 2.24) is 20.9 Å². The number of hydrogen-bond donors (Lipinski definition) is 4. The van der Waals surface area contributed by atoms with E-state index in [9.17, 15) is 19.2 Å². The first-order valence-corrected chi connectivity index (χ1v) is 13.6. The molecular formula is C30H41N5O6. The molecule has 41 heavy (non-hydrogen) atoms. The van der Waals surface area contributed by atoms with Crippen molar-refractivity contribution >= 4 is 29.6 Å². The van der Waals surface area contributed by atoms with Crippen LogP contribution in [0.5, 0.6) is 0 Å². The summed E-state index contributed by atoms with van der Waals surface area (Å²) in [5.74, 6) is -0.866. The van der Waals surface area contributed by atoms with E-state index >= 15 is 0 Å². The fraction of sp³-hybridized carbons (Fsp3) is 0.467. The van der Waals surface area contributed by atoms with Crippen molar-refractivity contribution < 1.29 is 28.7 Å². The number of amides is 5. The van der Waals surface area contributed by atoms with Gasteiger partial charge in [0.2, 0.25) is 11.8 Å². The van der Waals surface area contributed by atoms with Gasteiger partial charge in [-0.2, -0.15) is 0 Å². The van der Waals surface area contributed by atoms with Crippen LogP contribution in [0.25, 0.3) is 0 Å². The van der Waals surface area contributed by atoms with Crippen LogP contribution in [-0.2, 0) is 38.6 Å². The van der Waals surface area contributed by atoms with Gasteiger partial charge in [-0.1, -0.05) is 36.4 Å². The normalized spacial score (nSPS) is 13.9. The van der Waals surface area contributed by atoms with Gasteiger partial charge in [-0.3, -0.25) is 9.59 Å². The van der Waals surface area contributed by atoms with Gasteiger partial charge in [-0.15, -0.1) is 0 Å². The highest BCUT2D eigenvalue weighted by molar-refractivity contribution is 5.94. The predicted molar refractivity (Wildman–Crippen MR) is 155 cm³/mol. The molecule has 0 unspecified atom stereocenters. The third-order valence-electron chi connectivity index (χ3n) is 6.40. The summed E-state index contributed by atoms with van der Waals surface area (Å²) < 4.78 is 11.2. The number of alkyl carbamates (subject to hydrolysis) is 1. The van der Waals surface area contributed by atoms with Gasteiger partial charge in [0, 0.05) is 25.8 Å². The number of anilines is 1. The zero-order valence-corrected chi connectivity index (χ0v) is 24.6. The van der Waals surface area contributed by atoms with E-state index in [1.165, 1.54) is 20.9 Å². The van der Waals surface area contributed by atoms with E-state index in [0.717, 1.165) is 16.7 Å². The molecule has 0 radical (unpaired) electrons. The minimum atomic E-state index is -1.37. The second-order valence-electron chi connectivity index (χ2n) is 11.5. The Labute approximate surface area is 241 Å². The lowest BCUT2D eigenvalue weighted by Gasteiger charge is -2.34. The number of hydrogen-bond acceptors (Lipinski definition) is 6. The van der Waals surface area contributed by atoms with E-state index in [0.29, 0.717) is 25.2 Å². The Morgan fingerprint density at radius 2 is 1.68 bits per heavy atom. The van der Waals surface area contributed by atoms with Crippen LogP contribution >= 0.6 is 0 Å². The molecular weight excluding hydrogens is 526 g/mol. The van der Waals surface area contributed by atoms with Gasteiger partial charge in [0.15, 0.2) is 0 Å². The average molecular weight is 568 g/mol. The summed E-state index contributed by atoms with van der Waals surface area (Å²) in [6.07, 6.45) is -0.117. The number of carbonyl (C=O) groups is 4. The van der Waals surface area contributed by atoms with Gasteiger partial charge in [-0.25, -0.2) is 9.59 Å². The Morgan fingerprint density at radius 3 is 2.34 bits per heavy atom. The number of nitrogens with one attached hydrogen (secondary N) is 4. The van der Waals surface area contributed by atoms with Crippen LogP contribution in [-0.4, -0.2) is 66.2 Å². The van der Waals surface area contributed by atoms with Crippen LogP contribution in [0.4, 0.5) is 15.3 Å². The zero-order chi connectivity index (χ0) is 30.2. The molecule has 4 N–H and O–H groups in total. The number of nitrogens with zero attached hydrogens (tertiary/aromatic N) is 1. The average Bonchev–Trinajstić information content (AvgIpc) is 2.90. The van der Waals surface area contributed by atoms with Gasteiger partial charge < -0.3 is 35.6 Å². The summed E-state index contributed by atoms with van der Waals surface area (Å²) in [6, 6.07) is 13.8. The number of urea groups is 1. The van der Waals surface area contributed by atoms with E-state index in [1.54, 1.807) is 25.7 Å². The molecule has 0 aliphatic carbocycles. The van der Waals surface area contributed by atoms with Crippen LogP contribution in [0, 0.1) is 0 Å². The molecule has 0 fully saturated rings. The van der Waals surface area contributed by atoms with Crippen molar-refractivity contribution in [1.29, 1.82) is 0 Å². The molecule has 2 aromatic rings. The summed E-state index contributed by atoms with van der Waals surface area (Å²) in [4.78, 5) is 52.9. The summed E-state index contributed by atoms with van der Waals surface area (Å²) >= 11 is 0. The molecule has 11 heteroatoms. The summed E-state index contributed by atoms with van der Waals surface area (Å²) in [5, 5.41) is 10.6. The number of fused-ring (bicyclic) bond motifs is 1. The Hall–Kier alpha value is -4.12. The zero-order valence-electron chi connectivity index (χ0n) is 24.6. The first-order chi connectivity index (χ1) is 19.3. The highest BCUT2D eigenvalue weighted by Crippen LogP contribution is 2.23. The lowest BCUT2D eigenvalue weighted by Crippen LogP contribution is -2.60. The lowest BCUT2D eigenvalue weighted by molar-refractivity contribution is -0.140. The monoisotopic (exact) mass is 567 g/mol. The molecule has 2 aromatic carbocycles. The maximum Gasteiger partial charge on any atom is 0.408 e. The molecule has 0 saturated carbocycles. The third kappa shape index (κ3) is 9.49. The van der Waals surface area contributed by atoms with E-state index in [2.05, 4.69) is 21.3 Å². The lowest BCUT2D eigenvalue weighted by atomic mass is 9.98. The topological polar surface area (TPSA) is 138 Å². The van der Waals surface area contributed by atoms with Gasteiger partial charge in [0.1, 0.15) is 17.2 Å². The highest BCUT2D eigenvalue weighted by Gasteiger charge is 2.36. The molecule has 1 atom stereocenters. The van der Waals surface area contributed by atoms with Crippen molar-refractivity contribution in [3.05, 3.63) is 65.2 Å². The number of carbonyl (C=O) groups excluding carboxylic acids is 4. The van der Waals surface area contributed by atoms with Crippen LogP contribution < -0.4 is 21.3 Å². The highest BCUT2D eigenvalue weighted by atomic mass is 16.6. The molecule has 11 nitrogen and oxygen atoms in total. The molecule has 3 rings (SSSR count). The molecule has 0 aromatic heterocycles. The molecule has 1 heterocycles. The smallest absolute Gasteiger partial charge is 0.408 e. The standard InChI is InChI=1S/C30H41N5O6/c1-29(2,3)41-28(39)34-30(4,5)26(37)33-24(19-40-18-20-10-8-7-9-11-20)25(36)35-15-14-21-12-13-23(16-22(21)17-35)32-27(38)31-6/h7-13,16,24H,14-15,17-19H2,1-6H3,(H,33,37)(H,34,39)(H2,31,32,38)/t24-/m1/s1. The van der Waals surface area contributed by atoms with E-state index in [1.807, 2.05) is 48.5 Å². The minimum Gasteiger partial charge on any atom is -0.444 e. The molecule has 5 amide bonds. The van der Waals surface area contributed by atoms with Gasteiger partial charge in [0.25, 0.3) is 0 Å². The maximum atomic E-state index is 13.8. The fourth-order valence-electron chi connectivity index (χ4n) is 4.23. The quantitative estimate of drug-likeness (QED) is 0.367. The van der Waals surface area contributed by atoms with Crippen molar-refractivity contribution in [3.63, 3.8) is 0 Å². The van der Waals surface area contributed by atoms with Crippen molar-refractivity contribution in [3.8, 4) is 0 Å². The van der Waals surface area contributed by atoms with Crippen molar-refractivity contribution in [2.24, 2.45) is 0 Å². The predicted octanol–water partition coefficient (Wildman–Crippen LogP) is 3.33. The van der Waals surface area contributed by atoms with Gasteiger partial charge in [0.05, 0.1) is 13.2 Å².